The second-order valence-corrected chi connectivity index (χ2v) is 6.09. The van der Waals surface area contributed by atoms with Crippen molar-refractivity contribution in [1.82, 2.24) is 9.71 Å². The van der Waals surface area contributed by atoms with Crippen LogP contribution in [-0.4, -0.2) is 15.9 Å². The number of nitrogens with zero attached hydrogens (tertiary/aromatic N) is 2. The molecule has 2 heterocycles. The first kappa shape index (κ1) is 10.7. The molecule has 16 heavy (non-hydrogen) atoms. The van der Waals surface area contributed by atoms with E-state index in [9.17, 15) is 0 Å². The molecule has 6 heteroatoms. The molecule has 1 N–H and O–H groups in total. The van der Waals surface area contributed by atoms with Crippen LogP contribution in [-0.2, 0) is 0 Å². The molecule has 1 saturated carbocycles. The van der Waals surface area contributed by atoms with Crippen molar-refractivity contribution in [3.8, 4) is 0 Å². The molecule has 3 rings (SSSR count). The molecule has 3 nitrogen and oxygen atoms in total. The first-order valence-electron chi connectivity index (χ1n) is 5.11. The van der Waals surface area contributed by atoms with Gasteiger partial charge in [0.2, 0.25) is 0 Å². The van der Waals surface area contributed by atoms with Crippen molar-refractivity contribution in [1.29, 1.82) is 0 Å². The Morgan fingerprint density at radius 3 is 3.25 bits per heavy atom. The van der Waals surface area contributed by atoms with Crippen LogP contribution in [0.1, 0.15) is 12.8 Å². The zero-order valence-electron chi connectivity index (χ0n) is 8.44. The van der Waals surface area contributed by atoms with E-state index in [-0.39, 0.29) is 0 Å². The van der Waals surface area contributed by atoms with Crippen molar-refractivity contribution in [2.24, 2.45) is 10.9 Å². The predicted octanol–water partition coefficient (Wildman–Crippen LogP) is 3.48. The third-order valence-corrected chi connectivity index (χ3v) is 4.71. The molecule has 1 aliphatic carbocycles. The van der Waals surface area contributed by atoms with Gasteiger partial charge in [-0.25, -0.2) is 9.98 Å². The molecule has 0 spiro atoms. The Balaban J connectivity index is 1.76. The van der Waals surface area contributed by atoms with E-state index in [1.165, 1.54) is 18.6 Å². The van der Waals surface area contributed by atoms with Crippen molar-refractivity contribution in [2.45, 2.75) is 17.7 Å². The third kappa shape index (κ3) is 2.47. The number of aromatic nitrogens is 1. The molecule has 1 aromatic rings. The van der Waals surface area contributed by atoms with Crippen molar-refractivity contribution in [3.05, 3.63) is 17.4 Å². The van der Waals surface area contributed by atoms with E-state index in [1.807, 2.05) is 6.07 Å². The Morgan fingerprint density at radius 2 is 2.44 bits per heavy atom. The number of halogens is 1. The van der Waals surface area contributed by atoms with Gasteiger partial charge < -0.3 is 4.72 Å². The van der Waals surface area contributed by atoms with Crippen LogP contribution in [0.2, 0.25) is 5.15 Å². The number of rotatable bonds is 2. The van der Waals surface area contributed by atoms with Gasteiger partial charge in [0.1, 0.15) is 5.15 Å². The standard InChI is InChI=1S/C10H10ClN3S2/c11-9-3-7-8(4-12-9)16-14-10(13-7)15-5-6-1-2-6/h3-4,6H,1-2,5H2,(H,13,14). The Morgan fingerprint density at radius 1 is 1.56 bits per heavy atom. The highest BCUT2D eigenvalue weighted by atomic mass is 35.5. The summed E-state index contributed by atoms with van der Waals surface area (Å²) >= 11 is 9.19. The van der Waals surface area contributed by atoms with Crippen LogP contribution in [0.4, 0.5) is 5.69 Å². The molecular weight excluding hydrogens is 262 g/mol. The van der Waals surface area contributed by atoms with E-state index >= 15 is 0 Å². The zero-order valence-corrected chi connectivity index (χ0v) is 10.8. The summed E-state index contributed by atoms with van der Waals surface area (Å²) in [6.45, 7) is 0. The summed E-state index contributed by atoms with van der Waals surface area (Å²) in [7, 11) is 0. The molecule has 0 radical (unpaired) electrons. The van der Waals surface area contributed by atoms with Gasteiger partial charge in [-0.3, -0.25) is 0 Å². The molecule has 0 bridgehead atoms. The summed E-state index contributed by atoms with van der Waals surface area (Å²) in [5.41, 5.74) is 0.919. The summed E-state index contributed by atoms with van der Waals surface area (Å²) in [5.74, 6) is 2.07. The number of hydrogen-bond donors (Lipinski definition) is 1. The van der Waals surface area contributed by atoms with Crippen LogP contribution < -0.4 is 4.72 Å². The number of fused-ring (bicyclic) bond motifs is 1. The molecular formula is C10H10ClN3S2. The van der Waals surface area contributed by atoms with E-state index in [1.54, 1.807) is 29.9 Å². The van der Waals surface area contributed by atoms with E-state index in [0.29, 0.717) is 5.15 Å². The number of pyridine rings is 1. The molecule has 0 aromatic carbocycles. The average molecular weight is 272 g/mol. The minimum atomic E-state index is 0.497. The fourth-order valence-electron chi connectivity index (χ4n) is 1.35. The Kier molecular flexibility index (Phi) is 3.00. The third-order valence-electron chi connectivity index (χ3n) is 2.44. The highest BCUT2D eigenvalue weighted by molar-refractivity contribution is 8.15. The van der Waals surface area contributed by atoms with Crippen LogP contribution in [0.25, 0.3) is 0 Å². The first-order chi connectivity index (χ1) is 7.81. The molecule has 0 amide bonds. The second kappa shape index (κ2) is 4.47. The van der Waals surface area contributed by atoms with E-state index in [0.717, 1.165) is 21.7 Å². The lowest BCUT2D eigenvalue weighted by Gasteiger charge is -2.15. The lowest BCUT2D eigenvalue weighted by molar-refractivity contribution is 1.00. The minimum Gasteiger partial charge on any atom is -0.305 e. The summed E-state index contributed by atoms with van der Waals surface area (Å²) < 4.78 is 3.22. The fourth-order valence-corrected chi connectivity index (χ4v) is 3.31. The largest absolute Gasteiger partial charge is 0.305 e. The summed E-state index contributed by atoms with van der Waals surface area (Å²) in [5, 5.41) is 1.48. The van der Waals surface area contributed by atoms with Crippen molar-refractivity contribution in [2.75, 3.05) is 5.75 Å². The summed E-state index contributed by atoms with van der Waals surface area (Å²) in [6.07, 6.45) is 4.50. The van der Waals surface area contributed by atoms with Gasteiger partial charge in [-0.05, 0) is 30.7 Å². The van der Waals surface area contributed by atoms with Gasteiger partial charge in [0.05, 0.1) is 10.6 Å². The Bertz CT molecular complexity index is 446. The number of hydrogen-bond acceptors (Lipinski definition) is 5. The minimum absolute atomic E-state index is 0.497. The predicted molar refractivity (Wildman–Crippen MR) is 70.5 cm³/mol. The van der Waals surface area contributed by atoms with Crippen LogP contribution in [0.3, 0.4) is 0 Å². The van der Waals surface area contributed by atoms with Gasteiger partial charge in [-0.1, -0.05) is 23.4 Å². The van der Waals surface area contributed by atoms with E-state index in [2.05, 4.69) is 14.7 Å². The van der Waals surface area contributed by atoms with Crippen molar-refractivity contribution < 1.29 is 0 Å². The number of aliphatic imine (C=N–C) groups is 1. The van der Waals surface area contributed by atoms with Crippen molar-refractivity contribution >= 4 is 46.2 Å². The normalized spacial score (nSPS) is 18.7. The summed E-state index contributed by atoms with van der Waals surface area (Å²) in [4.78, 5) is 9.59. The maximum absolute atomic E-state index is 5.85. The molecule has 2 aliphatic rings. The van der Waals surface area contributed by atoms with Gasteiger partial charge in [0.25, 0.3) is 0 Å². The molecule has 84 valence electrons. The summed E-state index contributed by atoms with van der Waals surface area (Å²) in [6, 6.07) is 1.81. The second-order valence-electron chi connectivity index (χ2n) is 3.85. The maximum atomic E-state index is 5.85. The van der Waals surface area contributed by atoms with Crippen molar-refractivity contribution in [3.63, 3.8) is 0 Å². The van der Waals surface area contributed by atoms with E-state index in [4.69, 9.17) is 11.6 Å². The monoisotopic (exact) mass is 271 g/mol. The van der Waals surface area contributed by atoms with Crippen LogP contribution in [0.5, 0.6) is 0 Å². The molecule has 0 saturated heterocycles. The fraction of sp³-hybridized carbons (Fsp3) is 0.400. The number of nitrogens with one attached hydrogen (secondary N) is 1. The van der Waals surface area contributed by atoms with Gasteiger partial charge in [-0.2, -0.15) is 0 Å². The van der Waals surface area contributed by atoms with E-state index < -0.39 is 0 Å². The Hall–Kier alpha value is -0.390. The number of amidine groups is 1. The SMILES string of the molecule is Clc1cc2c(cn1)SNC(SCC1CC1)=N2. The van der Waals surface area contributed by atoms with Gasteiger partial charge >= 0.3 is 0 Å². The van der Waals surface area contributed by atoms with Crippen LogP contribution >= 0.6 is 35.3 Å². The number of thioether (sulfide) groups is 1. The van der Waals surface area contributed by atoms with Crippen LogP contribution in [0.15, 0.2) is 22.2 Å². The topological polar surface area (TPSA) is 37.3 Å². The first-order valence-corrected chi connectivity index (χ1v) is 7.29. The molecule has 0 unspecified atom stereocenters. The molecule has 1 aromatic heterocycles. The molecule has 1 aliphatic heterocycles. The average Bonchev–Trinajstić information content (AvgIpc) is 3.09. The molecule has 0 atom stereocenters. The lowest BCUT2D eigenvalue weighted by atomic mass is 10.4. The highest BCUT2D eigenvalue weighted by Gasteiger charge is 2.23. The maximum Gasteiger partial charge on any atom is 0.172 e. The highest BCUT2D eigenvalue weighted by Crippen LogP contribution is 2.36. The van der Waals surface area contributed by atoms with Gasteiger partial charge in [0, 0.05) is 18.0 Å². The van der Waals surface area contributed by atoms with Crippen LogP contribution in [0, 0.1) is 5.92 Å². The van der Waals surface area contributed by atoms with Gasteiger partial charge in [-0.15, -0.1) is 0 Å². The molecule has 1 fully saturated rings. The smallest absolute Gasteiger partial charge is 0.172 e. The lowest BCUT2D eigenvalue weighted by Crippen LogP contribution is -2.15. The Labute approximate surface area is 108 Å². The van der Waals surface area contributed by atoms with Gasteiger partial charge in [0.15, 0.2) is 5.17 Å². The zero-order chi connectivity index (χ0) is 11.0. The quantitative estimate of drug-likeness (QED) is 0.660.